The van der Waals surface area contributed by atoms with Crippen molar-refractivity contribution in [2.45, 2.75) is 31.6 Å². The Balaban J connectivity index is 0.00000312. The first-order chi connectivity index (χ1) is 11.3. The van der Waals surface area contributed by atoms with Gasteiger partial charge in [0, 0.05) is 26.2 Å². The Labute approximate surface area is 164 Å². The number of aliphatic imine (C=N–C) groups is 1. The van der Waals surface area contributed by atoms with Crippen molar-refractivity contribution in [3.05, 3.63) is 35.4 Å². The van der Waals surface area contributed by atoms with Crippen LogP contribution in [0.5, 0.6) is 0 Å². The van der Waals surface area contributed by atoms with Crippen molar-refractivity contribution < 1.29 is 13.2 Å². The molecule has 1 atom stereocenters. The second-order valence-corrected chi connectivity index (χ2v) is 6.37. The Morgan fingerprint density at radius 3 is 2.48 bits per heavy atom. The van der Waals surface area contributed by atoms with E-state index in [1.165, 1.54) is 18.9 Å². The lowest BCUT2D eigenvalue weighted by Gasteiger charge is -2.25. The van der Waals surface area contributed by atoms with Crippen LogP contribution in [0.25, 0.3) is 0 Å². The molecule has 1 aliphatic carbocycles. The van der Waals surface area contributed by atoms with Crippen LogP contribution in [-0.4, -0.2) is 44.6 Å². The summed E-state index contributed by atoms with van der Waals surface area (Å²) in [5.74, 6) is 1.31. The van der Waals surface area contributed by atoms with Gasteiger partial charge in [-0.25, -0.2) is 0 Å². The Hall–Kier alpha value is -1.03. The molecule has 2 rings (SSSR count). The molecule has 8 heteroatoms. The highest BCUT2D eigenvalue weighted by Crippen LogP contribution is 2.34. The number of hydrogen-bond donors (Lipinski definition) is 2. The maximum atomic E-state index is 12.7. The van der Waals surface area contributed by atoms with Gasteiger partial charge in [-0.15, -0.1) is 24.0 Å². The minimum Gasteiger partial charge on any atom is -0.355 e. The van der Waals surface area contributed by atoms with E-state index in [0.29, 0.717) is 30.0 Å². The van der Waals surface area contributed by atoms with Gasteiger partial charge in [-0.1, -0.05) is 12.1 Å². The molecule has 4 nitrogen and oxygen atoms in total. The van der Waals surface area contributed by atoms with Crippen LogP contribution in [0.3, 0.4) is 0 Å². The number of rotatable bonds is 6. The summed E-state index contributed by atoms with van der Waals surface area (Å²) >= 11 is 0. The van der Waals surface area contributed by atoms with Gasteiger partial charge in [0.15, 0.2) is 5.96 Å². The second kappa shape index (κ2) is 9.61. The van der Waals surface area contributed by atoms with E-state index in [0.717, 1.165) is 18.7 Å². The van der Waals surface area contributed by atoms with E-state index >= 15 is 0 Å². The lowest BCUT2D eigenvalue weighted by Crippen LogP contribution is -2.45. The van der Waals surface area contributed by atoms with Gasteiger partial charge in [-0.2, -0.15) is 13.2 Å². The van der Waals surface area contributed by atoms with Crippen LogP contribution in [0.2, 0.25) is 0 Å². The van der Waals surface area contributed by atoms with Crippen LogP contribution >= 0.6 is 24.0 Å². The average Bonchev–Trinajstić information content (AvgIpc) is 3.34. The number of benzene rings is 1. The summed E-state index contributed by atoms with van der Waals surface area (Å²) in [5.41, 5.74) is -0.0646. The summed E-state index contributed by atoms with van der Waals surface area (Å²) < 4.78 is 38.2. The lowest BCUT2D eigenvalue weighted by molar-refractivity contribution is -0.137. The maximum Gasteiger partial charge on any atom is 0.416 e. The van der Waals surface area contributed by atoms with Crippen molar-refractivity contribution in [1.29, 1.82) is 0 Å². The number of alkyl halides is 3. The van der Waals surface area contributed by atoms with Gasteiger partial charge in [0.25, 0.3) is 0 Å². The molecular weight excluding hydrogens is 444 g/mol. The average molecular weight is 470 g/mol. The normalized spacial score (nSPS) is 16.4. The molecule has 1 unspecified atom stereocenters. The third-order valence-corrected chi connectivity index (χ3v) is 4.25. The van der Waals surface area contributed by atoms with Crippen molar-refractivity contribution in [1.82, 2.24) is 15.5 Å². The fourth-order valence-corrected chi connectivity index (χ4v) is 2.72. The second-order valence-electron chi connectivity index (χ2n) is 6.37. The largest absolute Gasteiger partial charge is 0.416 e. The first kappa shape index (κ1) is 22.0. The Morgan fingerprint density at radius 2 is 1.96 bits per heavy atom. The van der Waals surface area contributed by atoms with Crippen LogP contribution in [0.15, 0.2) is 29.3 Å². The fourth-order valence-electron chi connectivity index (χ4n) is 2.72. The van der Waals surface area contributed by atoms with Gasteiger partial charge in [0.1, 0.15) is 0 Å². The van der Waals surface area contributed by atoms with E-state index in [2.05, 4.69) is 34.6 Å². The zero-order valence-corrected chi connectivity index (χ0v) is 17.1. The smallest absolute Gasteiger partial charge is 0.355 e. The first-order valence-corrected chi connectivity index (χ1v) is 8.08. The third-order valence-electron chi connectivity index (χ3n) is 4.25. The van der Waals surface area contributed by atoms with Crippen molar-refractivity contribution in [2.75, 3.05) is 27.7 Å². The van der Waals surface area contributed by atoms with Crippen LogP contribution in [-0.2, 0) is 12.7 Å². The quantitative estimate of drug-likeness (QED) is 0.381. The van der Waals surface area contributed by atoms with E-state index in [1.807, 2.05) is 0 Å². The predicted molar refractivity (Wildman–Crippen MR) is 105 cm³/mol. The van der Waals surface area contributed by atoms with Gasteiger partial charge < -0.3 is 15.5 Å². The molecule has 142 valence electrons. The molecule has 0 saturated heterocycles. The van der Waals surface area contributed by atoms with Crippen LogP contribution in [0.4, 0.5) is 13.2 Å². The summed E-state index contributed by atoms with van der Waals surface area (Å²) in [6.07, 6.45) is -1.82. The molecular formula is C17H26F3IN4. The van der Waals surface area contributed by atoms with Gasteiger partial charge in [0.2, 0.25) is 0 Å². The predicted octanol–water partition coefficient (Wildman–Crippen LogP) is 3.33. The third kappa shape index (κ3) is 7.01. The van der Waals surface area contributed by atoms with Crippen molar-refractivity contribution in [3.8, 4) is 0 Å². The zero-order chi connectivity index (χ0) is 17.7. The summed E-state index contributed by atoms with van der Waals surface area (Å²) in [4.78, 5) is 6.34. The highest BCUT2D eigenvalue weighted by Gasteiger charge is 2.32. The molecule has 0 aliphatic heterocycles. The number of nitrogens with zero attached hydrogens (tertiary/aromatic N) is 2. The van der Waals surface area contributed by atoms with Crippen LogP contribution < -0.4 is 10.6 Å². The van der Waals surface area contributed by atoms with Crippen LogP contribution in [0.1, 0.15) is 24.0 Å². The molecule has 1 aromatic carbocycles. The molecule has 1 saturated carbocycles. The number of halogens is 4. The van der Waals surface area contributed by atoms with E-state index in [-0.39, 0.29) is 24.0 Å². The Morgan fingerprint density at radius 1 is 1.28 bits per heavy atom. The van der Waals surface area contributed by atoms with E-state index in [9.17, 15) is 13.2 Å². The molecule has 1 fully saturated rings. The maximum absolute atomic E-state index is 12.7. The SMILES string of the molecule is CN=C(NCc1cccc(C(F)(F)F)c1)NCC(C1CC1)N(C)C.I. The molecule has 1 aromatic rings. The number of nitrogens with one attached hydrogen (secondary N) is 2. The molecule has 0 heterocycles. The molecule has 25 heavy (non-hydrogen) atoms. The van der Waals surface area contributed by atoms with E-state index in [1.54, 1.807) is 13.1 Å². The molecule has 0 amide bonds. The van der Waals surface area contributed by atoms with Gasteiger partial charge in [-0.05, 0) is 50.6 Å². The zero-order valence-electron chi connectivity index (χ0n) is 14.7. The molecule has 1 aliphatic rings. The fraction of sp³-hybridized carbons (Fsp3) is 0.588. The molecule has 0 aromatic heterocycles. The monoisotopic (exact) mass is 470 g/mol. The van der Waals surface area contributed by atoms with Gasteiger partial charge >= 0.3 is 6.18 Å². The van der Waals surface area contributed by atoms with Crippen molar-refractivity contribution in [3.63, 3.8) is 0 Å². The molecule has 2 N–H and O–H groups in total. The van der Waals surface area contributed by atoms with Gasteiger partial charge in [0.05, 0.1) is 5.56 Å². The standard InChI is InChI=1S/C17H25F3N4.HI/c1-21-16(23-11-15(24(2)3)13-7-8-13)22-10-12-5-4-6-14(9-12)17(18,19)20;/h4-6,9,13,15H,7-8,10-11H2,1-3H3,(H2,21,22,23);1H. The number of likely N-dealkylation sites (N-methyl/N-ethyl adjacent to an activating group) is 1. The summed E-state index contributed by atoms with van der Waals surface area (Å²) in [7, 11) is 5.77. The number of guanidine groups is 1. The van der Waals surface area contributed by atoms with Crippen molar-refractivity contribution in [2.24, 2.45) is 10.9 Å². The first-order valence-electron chi connectivity index (χ1n) is 8.08. The number of hydrogen-bond acceptors (Lipinski definition) is 2. The molecule has 0 radical (unpaired) electrons. The minimum atomic E-state index is -4.32. The summed E-state index contributed by atoms with van der Waals surface area (Å²) in [6.45, 7) is 1.06. The summed E-state index contributed by atoms with van der Waals surface area (Å²) in [5, 5.41) is 6.33. The van der Waals surface area contributed by atoms with E-state index < -0.39 is 11.7 Å². The topological polar surface area (TPSA) is 39.7 Å². The Bertz CT molecular complexity index is 569. The summed E-state index contributed by atoms with van der Waals surface area (Å²) in [6, 6.07) is 5.77. The molecule has 0 bridgehead atoms. The highest BCUT2D eigenvalue weighted by atomic mass is 127. The van der Waals surface area contributed by atoms with E-state index in [4.69, 9.17) is 0 Å². The molecule has 0 spiro atoms. The van der Waals surface area contributed by atoms with Crippen LogP contribution in [0, 0.1) is 5.92 Å². The van der Waals surface area contributed by atoms with Crippen molar-refractivity contribution >= 4 is 29.9 Å². The van der Waals surface area contributed by atoms with Gasteiger partial charge in [-0.3, -0.25) is 4.99 Å². The minimum absolute atomic E-state index is 0. The highest BCUT2D eigenvalue weighted by molar-refractivity contribution is 14.0. The Kier molecular flexibility index (Phi) is 8.46. The lowest BCUT2D eigenvalue weighted by atomic mass is 10.1.